The zero-order chi connectivity index (χ0) is 25.2. The van der Waals surface area contributed by atoms with Gasteiger partial charge in [-0.15, -0.1) is 11.3 Å². The van der Waals surface area contributed by atoms with Crippen molar-refractivity contribution in [3.8, 4) is 11.4 Å². The van der Waals surface area contributed by atoms with Crippen LogP contribution in [0.1, 0.15) is 41.6 Å². The van der Waals surface area contributed by atoms with Crippen molar-refractivity contribution in [2.45, 2.75) is 44.9 Å². The van der Waals surface area contributed by atoms with Gasteiger partial charge in [-0.05, 0) is 57.0 Å². The number of aromatic nitrogens is 2. The Morgan fingerprint density at radius 2 is 1.89 bits per heavy atom. The number of ether oxygens (including phenoxy) is 1. The van der Waals surface area contributed by atoms with Crippen LogP contribution in [-0.2, 0) is 13.0 Å². The Bertz CT molecular complexity index is 1440. The second-order valence-electron chi connectivity index (χ2n) is 9.04. The minimum atomic E-state index is -0.0747. The lowest BCUT2D eigenvalue weighted by Gasteiger charge is -2.30. The second kappa shape index (κ2) is 10.6. The van der Waals surface area contributed by atoms with Crippen LogP contribution in [0.15, 0.2) is 64.5 Å². The molecule has 0 unspecified atom stereocenters. The Hall–Kier alpha value is -2.94. The lowest BCUT2D eigenvalue weighted by molar-refractivity contribution is 0.102. The van der Waals surface area contributed by atoms with Crippen LogP contribution in [0, 0.1) is 0 Å². The number of benzene rings is 2. The molecule has 36 heavy (non-hydrogen) atoms. The Morgan fingerprint density at radius 1 is 1.14 bits per heavy atom. The predicted molar refractivity (Wildman–Crippen MR) is 147 cm³/mol. The Balaban J connectivity index is 1.58. The lowest BCUT2D eigenvalue weighted by atomic mass is 10.0. The van der Waals surface area contributed by atoms with Gasteiger partial charge in [0.05, 0.1) is 23.4 Å². The van der Waals surface area contributed by atoms with Gasteiger partial charge in [0.15, 0.2) is 10.9 Å². The highest BCUT2D eigenvalue weighted by molar-refractivity contribution is 7.99. The fourth-order valence-electron chi connectivity index (χ4n) is 4.50. The molecule has 0 bridgehead atoms. The van der Waals surface area contributed by atoms with Crippen molar-refractivity contribution in [1.82, 2.24) is 14.5 Å². The zero-order valence-corrected chi connectivity index (χ0v) is 22.3. The molecule has 3 heterocycles. The molecule has 0 atom stereocenters. The molecule has 186 valence electrons. The van der Waals surface area contributed by atoms with Gasteiger partial charge < -0.3 is 4.74 Å². The SMILES string of the molecule is CCOc1ccc(-n2c(SCC(=O)c3ccccc3)nc3sc4c(c3c2=O)CCN(C(C)C)C4)cc1. The molecule has 4 aromatic rings. The number of Topliss-reactive ketones (excluding diaryl/α,β-unsaturated/α-hetero) is 1. The molecule has 2 aromatic heterocycles. The van der Waals surface area contributed by atoms with Gasteiger partial charge in [-0.25, -0.2) is 4.98 Å². The van der Waals surface area contributed by atoms with Crippen molar-refractivity contribution in [1.29, 1.82) is 0 Å². The molecule has 6 nitrogen and oxygen atoms in total. The van der Waals surface area contributed by atoms with E-state index in [1.807, 2.05) is 61.5 Å². The average molecular weight is 520 g/mol. The largest absolute Gasteiger partial charge is 0.494 e. The van der Waals surface area contributed by atoms with Crippen molar-refractivity contribution >= 4 is 39.1 Å². The maximum Gasteiger partial charge on any atom is 0.267 e. The van der Waals surface area contributed by atoms with E-state index in [4.69, 9.17) is 9.72 Å². The van der Waals surface area contributed by atoms with Crippen LogP contribution in [-0.4, -0.2) is 45.2 Å². The van der Waals surface area contributed by atoms with Gasteiger partial charge in [0, 0.05) is 29.6 Å². The van der Waals surface area contributed by atoms with E-state index in [1.165, 1.54) is 16.6 Å². The summed E-state index contributed by atoms with van der Waals surface area (Å²) in [5.74, 6) is 0.954. The van der Waals surface area contributed by atoms with Crippen LogP contribution in [0.2, 0.25) is 0 Å². The van der Waals surface area contributed by atoms with Crippen LogP contribution < -0.4 is 10.3 Å². The summed E-state index contributed by atoms with van der Waals surface area (Å²) in [6.45, 7) is 8.69. The third kappa shape index (κ3) is 4.85. The molecule has 5 rings (SSSR count). The molecule has 1 aliphatic heterocycles. The molecule has 0 radical (unpaired) electrons. The molecule has 0 saturated carbocycles. The van der Waals surface area contributed by atoms with Gasteiger partial charge >= 0.3 is 0 Å². The summed E-state index contributed by atoms with van der Waals surface area (Å²) < 4.78 is 7.25. The molecule has 0 N–H and O–H groups in total. The minimum absolute atomic E-state index is 0.00578. The smallest absolute Gasteiger partial charge is 0.267 e. The summed E-state index contributed by atoms with van der Waals surface area (Å²) in [4.78, 5) is 36.2. The van der Waals surface area contributed by atoms with Crippen LogP contribution in [0.5, 0.6) is 5.75 Å². The van der Waals surface area contributed by atoms with E-state index in [-0.39, 0.29) is 17.1 Å². The van der Waals surface area contributed by atoms with Crippen molar-refractivity contribution < 1.29 is 9.53 Å². The van der Waals surface area contributed by atoms with E-state index in [1.54, 1.807) is 15.9 Å². The fourth-order valence-corrected chi connectivity index (χ4v) is 6.70. The summed E-state index contributed by atoms with van der Waals surface area (Å²) in [6, 6.07) is 17.2. The molecule has 0 saturated heterocycles. The lowest BCUT2D eigenvalue weighted by Crippen LogP contribution is -2.35. The highest BCUT2D eigenvalue weighted by Gasteiger charge is 2.27. The first-order chi connectivity index (χ1) is 17.5. The molecular formula is C28H29N3O3S2. The first kappa shape index (κ1) is 24.7. The van der Waals surface area contributed by atoms with Crippen LogP contribution in [0.25, 0.3) is 15.9 Å². The number of carbonyl (C=O) groups is 1. The number of hydrogen-bond donors (Lipinski definition) is 0. The second-order valence-corrected chi connectivity index (χ2v) is 11.1. The Morgan fingerprint density at radius 3 is 2.58 bits per heavy atom. The monoisotopic (exact) mass is 519 g/mol. The van der Waals surface area contributed by atoms with Crippen LogP contribution in [0.3, 0.4) is 0 Å². The highest BCUT2D eigenvalue weighted by atomic mass is 32.2. The minimum Gasteiger partial charge on any atom is -0.494 e. The van der Waals surface area contributed by atoms with Gasteiger partial charge in [-0.2, -0.15) is 0 Å². The number of nitrogens with zero attached hydrogens (tertiary/aromatic N) is 3. The molecule has 8 heteroatoms. The van der Waals surface area contributed by atoms with Gasteiger partial charge in [0.2, 0.25) is 0 Å². The molecule has 0 amide bonds. The highest BCUT2D eigenvalue weighted by Crippen LogP contribution is 2.35. The molecule has 0 aliphatic carbocycles. The van der Waals surface area contributed by atoms with E-state index >= 15 is 0 Å². The summed E-state index contributed by atoms with van der Waals surface area (Å²) in [6.07, 6.45) is 0.840. The summed E-state index contributed by atoms with van der Waals surface area (Å²) in [7, 11) is 0. The van der Waals surface area contributed by atoms with Gasteiger partial charge in [-0.3, -0.25) is 19.1 Å². The standard InChI is InChI=1S/C28H29N3O3S2/c1-4-34-21-12-10-20(11-13-21)31-27(33)25-22-14-15-30(18(2)3)16-24(22)36-26(25)29-28(31)35-17-23(32)19-8-6-5-7-9-19/h5-13,18H,4,14-17H2,1-3H3. The Labute approximate surface area is 218 Å². The van der Waals surface area contributed by atoms with Crippen LogP contribution >= 0.6 is 23.1 Å². The van der Waals surface area contributed by atoms with E-state index in [0.717, 1.165) is 35.7 Å². The van der Waals surface area contributed by atoms with E-state index in [0.29, 0.717) is 34.4 Å². The third-order valence-corrected chi connectivity index (χ3v) is 8.49. The fraction of sp³-hybridized carbons (Fsp3) is 0.321. The first-order valence-electron chi connectivity index (χ1n) is 12.2. The summed E-state index contributed by atoms with van der Waals surface area (Å²) >= 11 is 2.92. The van der Waals surface area contributed by atoms with Gasteiger partial charge in [-0.1, -0.05) is 42.1 Å². The van der Waals surface area contributed by atoms with Crippen molar-refractivity contribution in [2.24, 2.45) is 0 Å². The molecule has 0 fully saturated rings. The van der Waals surface area contributed by atoms with Crippen LogP contribution in [0.4, 0.5) is 0 Å². The molecule has 1 aliphatic rings. The van der Waals surface area contributed by atoms with Gasteiger partial charge in [0.25, 0.3) is 5.56 Å². The number of carbonyl (C=O) groups excluding carboxylic acids is 1. The number of thioether (sulfide) groups is 1. The number of rotatable bonds is 8. The van der Waals surface area contributed by atoms with E-state index in [9.17, 15) is 9.59 Å². The summed E-state index contributed by atoms with van der Waals surface area (Å²) in [5, 5.41) is 1.24. The van der Waals surface area contributed by atoms with Crippen molar-refractivity contribution in [3.05, 3.63) is 81.0 Å². The summed E-state index contributed by atoms with van der Waals surface area (Å²) in [5.41, 5.74) is 2.42. The molecular weight excluding hydrogens is 490 g/mol. The topological polar surface area (TPSA) is 64.4 Å². The zero-order valence-electron chi connectivity index (χ0n) is 20.7. The molecule has 2 aromatic carbocycles. The Kier molecular flexibility index (Phi) is 7.27. The maximum atomic E-state index is 14.0. The number of fused-ring (bicyclic) bond motifs is 3. The number of ketones is 1. The van der Waals surface area contributed by atoms with Crippen molar-refractivity contribution in [2.75, 3.05) is 18.9 Å². The average Bonchev–Trinajstić information content (AvgIpc) is 3.26. The quantitative estimate of drug-likeness (QED) is 0.172. The number of hydrogen-bond acceptors (Lipinski definition) is 7. The van der Waals surface area contributed by atoms with Crippen molar-refractivity contribution in [3.63, 3.8) is 0 Å². The number of thiophene rings is 1. The van der Waals surface area contributed by atoms with E-state index < -0.39 is 0 Å². The normalized spacial score (nSPS) is 13.8. The maximum absolute atomic E-state index is 14.0. The van der Waals surface area contributed by atoms with Gasteiger partial charge in [0.1, 0.15) is 10.6 Å². The third-order valence-electron chi connectivity index (χ3n) is 6.44. The molecule has 0 spiro atoms. The first-order valence-corrected chi connectivity index (χ1v) is 14.0. The predicted octanol–water partition coefficient (Wildman–Crippen LogP) is 5.59. The van der Waals surface area contributed by atoms with E-state index in [2.05, 4.69) is 18.7 Å².